The maximum atomic E-state index is 11.7. The van der Waals surface area contributed by atoms with Crippen molar-refractivity contribution in [3.05, 3.63) is 33.9 Å². The quantitative estimate of drug-likeness (QED) is 0.368. The van der Waals surface area contributed by atoms with E-state index in [1.165, 1.54) is 7.11 Å². The van der Waals surface area contributed by atoms with Gasteiger partial charge in [0.1, 0.15) is 5.75 Å². The number of ether oxygens (including phenoxy) is 1. The summed E-state index contributed by atoms with van der Waals surface area (Å²) in [6.45, 7) is 0. The third-order valence-corrected chi connectivity index (χ3v) is 2.28. The fourth-order valence-corrected chi connectivity index (χ4v) is 1.31. The van der Waals surface area contributed by atoms with Crippen molar-refractivity contribution in [1.82, 2.24) is 0 Å². The summed E-state index contributed by atoms with van der Waals surface area (Å²) in [4.78, 5) is 32.4. The lowest BCUT2D eigenvalue weighted by molar-refractivity contribution is -0.384. The van der Waals surface area contributed by atoms with E-state index in [0.717, 1.165) is 18.2 Å². The van der Waals surface area contributed by atoms with E-state index in [0.29, 0.717) is 0 Å². The Kier molecular flexibility index (Phi) is 4.36. The molecule has 0 aliphatic rings. The summed E-state index contributed by atoms with van der Waals surface area (Å²) in [5.41, 5.74) is -0.470. The van der Waals surface area contributed by atoms with Crippen molar-refractivity contribution in [3.8, 4) is 5.75 Å². The van der Waals surface area contributed by atoms with Crippen molar-refractivity contribution < 1.29 is 24.4 Å². The van der Waals surface area contributed by atoms with Gasteiger partial charge < -0.3 is 9.84 Å². The van der Waals surface area contributed by atoms with Gasteiger partial charge in [-0.1, -0.05) is 0 Å². The molecule has 0 heterocycles. The Morgan fingerprint density at radius 1 is 1.39 bits per heavy atom. The van der Waals surface area contributed by atoms with E-state index < -0.39 is 16.7 Å². The molecule has 0 amide bonds. The summed E-state index contributed by atoms with van der Waals surface area (Å²) < 4.78 is 4.37. The fourth-order valence-electron chi connectivity index (χ4n) is 1.31. The Balaban J connectivity index is 2.87. The molecule has 18 heavy (non-hydrogen) atoms. The van der Waals surface area contributed by atoms with Crippen LogP contribution in [0.3, 0.4) is 0 Å². The molecule has 0 bridgehead atoms. The number of Topliss-reactive ketones (excluding diaryl/α,β-unsaturated/α-hetero) is 1. The van der Waals surface area contributed by atoms with E-state index in [9.17, 15) is 24.8 Å². The Hall–Kier alpha value is -2.44. The second-order valence-corrected chi connectivity index (χ2v) is 3.46. The lowest BCUT2D eigenvalue weighted by Gasteiger charge is -2.03. The van der Waals surface area contributed by atoms with Crippen LogP contribution in [0, 0.1) is 10.1 Å². The summed E-state index contributed by atoms with van der Waals surface area (Å²) in [7, 11) is 1.19. The topological polar surface area (TPSA) is 107 Å². The zero-order chi connectivity index (χ0) is 13.7. The normalized spacial score (nSPS) is 9.83. The Morgan fingerprint density at radius 2 is 2.06 bits per heavy atom. The van der Waals surface area contributed by atoms with Crippen LogP contribution in [0.15, 0.2) is 18.2 Å². The molecule has 1 aromatic rings. The first-order valence-electron chi connectivity index (χ1n) is 5.03. The number of ketones is 1. The van der Waals surface area contributed by atoms with Gasteiger partial charge in [0, 0.05) is 18.6 Å². The van der Waals surface area contributed by atoms with Crippen molar-refractivity contribution in [3.63, 3.8) is 0 Å². The molecule has 0 aliphatic heterocycles. The zero-order valence-corrected chi connectivity index (χ0v) is 9.58. The highest BCUT2D eigenvalue weighted by atomic mass is 16.6. The van der Waals surface area contributed by atoms with Gasteiger partial charge in [0.15, 0.2) is 5.78 Å². The van der Waals surface area contributed by atoms with Crippen LogP contribution in [0.5, 0.6) is 5.75 Å². The third kappa shape index (κ3) is 3.27. The number of esters is 1. The Labute approximate surface area is 102 Å². The maximum Gasteiger partial charge on any atom is 0.305 e. The van der Waals surface area contributed by atoms with Crippen molar-refractivity contribution in [2.24, 2.45) is 0 Å². The molecule has 1 N–H and O–H groups in total. The number of carbonyl (C=O) groups excluding carboxylic acids is 2. The second-order valence-electron chi connectivity index (χ2n) is 3.46. The van der Waals surface area contributed by atoms with Crippen molar-refractivity contribution >= 4 is 17.4 Å². The van der Waals surface area contributed by atoms with E-state index in [1.807, 2.05) is 0 Å². The number of phenols is 1. The largest absolute Gasteiger partial charge is 0.507 e. The summed E-state index contributed by atoms with van der Waals surface area (Å²) in [6.07, 6.45) is -0.321. The zero-order valence-electron chi connectivity index (χ0n) is 9.58. The van der Waals surface area contributed by atoms with Crippen LogP contribution >= 0.6 is 0 Å². The first-order valence-corrected chi connectivity index (χ1v) is 5.03. The molecule has 1 aromatic carbocycles. The lowest BCUT2D eigenvalue weighted by Crippen LogP contribution is -2.06. The summed E-state index contributed by atoms with van der Waals surface area (Å²) >= 11 is 0. The summed E-state index contributed by atoms with van der Waals surface area (Å²) in [6, 6.07) is 3.14. The number of benzene rings is 1. The van der Waals surface area contributed by atoms with Crippen LogP contribution in [0.2, 0.25) is 0 Å². The fraction of sp³-hybridized carbons (Fsp3) is 0.273. The molecule has 0 fully saturated rings. The number of nitrogens with zero attached hydrogens (tertiary/aromatic N) is 1. The van der Waals surface area contributed by atoms with Crippen LogP contribution in [0.1, 0.15) is 23.2 Å². The standard InChI is InChI=1S/C11H11NO6/c1-18-11(15)5-4-10(14)8-6-7(12(16)17)2-3-9(8)13/h2-3,6,13H,4-5H2,1H3. The molecule has 7 nitrogen and oxygen atoms in total. The number of rotatable bonds is 5. The molecular weight excluding hydrogens is 242 g/mol. The minimum Gasteiger partial charge on any atom is -0.507 e. The van der Waals surface area contributed by atoms with E-state index in [4.69, 9.17) is 0 Å². The van der Waals surface area contributed by atoms with Gasteiger partial charge in [-0.2, -0.15) is 0 Å². The highest BCUT2D eigenvalue weighted by molar-refractivity contribution is 6.00. The average Bonchev–Trinajstić information content (AvgIpc) is 2.35. The van der Waals surface area contributed by atoms with Gasteiger partial charge in [-0.3, -0.25) is 19.7 Å². The molecule has 96 valence electrons. The van der Waals surface area contributed by atoms with Gasteiger partial charge in [-0.15, -0.1) is 0 Å². The molecule has 0 unspecified atom stereocenters. The first-order chi connectivity index (χ1) is 8.45. The average molecular weight is 253 g/mol. The molecule has 0 radical (unpaired) electrons. The van der Waals surface area contributed by atoms with Crippen LogP contribution < -0.4 is 0 Å². The predicted molar refractivity (Wildman–Crippen MR) is 60.3 cm³/mol. The number of non-ortho nitro benzene ring substituents is 1. The molecule has 0 saturated carbocycles. The van der Waals surface area contributed by atoms with Crippen LogP contribution in [-0.4, -0.2) is 28.9 Å². The Morgan fingerprint density at radius 3 is 2.61 bits per heavy atom. The smallest absolute Gasteiger partial charge is 0.305 e. The van der Waals surface area contributed by atoms with Gasteiger partial charge >= 0.3 is 5.97 Å². The lowest BCUT2D eigenvalue weighted by atomic mass is 10.0. The number of aromatic hydroxyl groups is 1. The van der Waals surface area contributed by atoms with Gasteiger partial charge in [0.2, 0.25) is 0 Å². The number of nitro benzene ring substituents is 1. The van der Waals surface area contributed by atoms with Crippen molar-refractivity contribution in [2.75, 3.05) is 7.11 Å². The van der Waals surface area contributed by atoms with Crippen LogP contribution in [0.25, 0.3) is 0 Å². The third-order valence-electron chi connectivity index (χ3n) is 2.28. The number of hydrogen-bond acceptors (Lipinski definition) is 6. The number of hydrogen-bond donors (Lipinski definition) is 1. The number of methoxy groups -OCH3 is 1. The monoisotopic (exact) mass is 253 g/mol. The van der Waals surface area contributed by atoms with E-state index in [2.05, 4.69) is 4.74 Å². The molecule has 0 atom stereocenters. The molecular formula is C11H11NO6. The Bertz CT molecular complexity index is 496. The first kappa shape index (κ1) is 13.6. The minimum atomic E-state index is -0.670. The molecule has 0 aliphatic carbocycles. The maximum absolute atomic E-state index is 11.7. The molecule has 0 aromatic heterocycles. The van der Waals surface area contributed by atoms with E-state index >= 15 is 0 Å². The highest BCUT2D eigenvalue weighted by Crippen LogP contribution is 2.24. The summed E-state index contributed by atoms with van der Waals surface area (Å²) in [5.74, 6) is -1.47. The minimum absolute atomic E-state index is 0.141. The van der Waals surface area contributed by atoms with Crippen molar-refractivity contribution in [1.29, 1.82) is 0 Å². The van der Waals surface area contributed by atoms with Gasteiger partial charge in [0.05, 0.1) is 24.0 Å². The molecule has 1 rings (SSSR count). The molecule has 0 spiro atoms. The highest BCUT2D eigenvalue weighted by Gasteiger charge is 2.17. The number of carbonyl (C=O) groups is 2. The van der Waals surface area contributed by atoms with Crippen molar-refractivity contribution in [2.45, 2.75) is 12.8 Å². The van der Waals surface area contributed by atoms with Gasteiger partial charge in [0.25, 0.3) is 5.69 Å². The van der Waals surface area contributed by atoms with Crippen LogP contribution in [0.4, 0.5) is 5.69 Å². The van der Waals surface area contributed by atoms with E-state index in [-0.39, 0.29) is 29.8 Å². The molecule has 0 saturated heterocycles. The number of phenolic OH excluding ortho intramolecular Hbond substituents is 1. The van der Waals surface area contributed by atoms with Crippen LogP contribution in [-0.2, 0) is 9.53 Å². The number of nitro groups is 1. The SMILES string of the molecule is COC(=O)CCC(=O)c1cc([N+](=O)[O-])ccc1O. The summed E-state index contributed by atoms with van der Waals surface area (Å²) in [5, 5.41) is 20.0. The second kappa shape index (κ2) is 5.76. The predicted octanol–water partition coefficient (Wildman–Crippen LogP) is 1.44. The van der Waals surface area contributed by atoms with Gasteiger partial charge in [-0.25, -0.2) is 0 Å². The van der Waals surface area contributed by atoms with Gasteiger partial charge in [-0.05, 0) is 6.07 Å². The molecule has 7 heteroatoms. The van der Waals surface area contributed by atoms with E-state index in [1.54, 1.807) is 0 Å².